The molecule has 10 heteroatoms. The van der Waals surface area contributed by atoms with E-state index in [2.05, 4.69) is 25.9 Å². The minimum absolute atomic E-state index is 0.114. The topological polar surface area (TPSA) is 137 Å². The van der Waals surface area contributed by atoms with Crippen LogP contribution in [0.3, 0.4) is 0 Å². The van der Waals surface area contributed by atoms with Crippen LogP contribution in [0.25, 0.3) is 0 Å². The van der Waals surface area contributed by atoms with E-state index in [1.807, 2.05) is 0 Å². The highest BCUT2D eigenvalue weighted by molar-refractivity contribution is 5.59. The largest absolute Gasteiger partial charge is 0.357 e. The van der Waals surface area contributed by atoms with Crippen molar-refractivity contribution >= 4 is 17.3 Å². The second-order valence-electron chi connectivity index (χ2n) is 3.68. The van der Waals surface area contributed by atoms with Gasteiger partial charge in [0, 0.05) is 13.1 Å². The molecule has 0 aromatic carbocycles. The number of nitrogens with one attached hydrogen (secondary N) is 2. The van der Waals surface area contributed by atoms with Gasteiger partial charge in [0.25, 0.3) is 0 Å². The van der Waals surface area contributed by atoms with Gasteiger partial charge in [0.05, 0.1) is 11.5 Å². The zero-order valence-corrected chi connectivity index (χ0v) is 10.1. The molecule has 100 valence electrons. The van der Waals surface area contributed by atoms with E-state index in [1.54, 1.807) is 11.6 Å². The molecule has 0 spiro atoms. The summed E-state index contributed by atoms with van der Waals surface area (Å²) in [5.41, 5.74) is 2.19. The molecule has 0 aliphatic carbocycles. The summed E-state index contributed by atoms with van der Waals surface area (Å²) < 4.78 is 1.70. The number of anilines is 2. The van der Waals surface area contributed by atoms with Crippen molar-refractivity contribution in [2.24, 2.45) is 12.9 Å². The van der Waals surface area contributed by atoms with Gasteiger partial charge < -0.3 is 15.3 Å². The van der Waals surface area contributed by atoms with Crippen LogP contribution in [0.4, 0.5) is 17.3 Å². The summed E-state index contributed by atoms with van der Waals surface area (Å²) in [4.78, 5) is 14.4. The lowest BCUT2D eigenvalue weighted by atomic mass is 10.3. The number of hydrazine groups is 1. The van der Waals surface area contributed by atoms with Gasteiger partial charge in [0.1, 0.15) is 12.1 Å². The number of rotatable bonds is 5. The van der Waals surface area contributed by atoms with E-state index in [-0.39, 0.29) is 18.1 Å². The van der Waals surface area contributed by atoms with Crippen molar-refractivity contribution in [2.45, 2.75) is 6.54 Å². The number of aromatic nitrogens is 4. The zero-order chi connectivity index (χ0) is 13.8. The van der Waals surface area contributed by atoms with Crippen LogP contribution in [0.15, 0.2) is 18.5 Å². The fourth-order valence-corrected chi connectivity index (χ4v) is 1.44. The second-order valence-corrected chi connectivity index (χ2v) is 3.68. The summed E-state index contributed by atoms with van der Waals surface area (Å²) in [6, 6.07) is 2.74. The highest BCUT2D eigenvalue weighted by Gasteiger charge is 2.16. The molecular weight excluding hydrogens is 252 g/mol. The Morgan fingerprint density at radius 1 is 1.53 bits per heavy atom. The SMILES string of the molecule is Cn1cnnc1CNc1nc(NN)ccc1[N+](=O)[O-]. The number of aryl methyl sites for hydroxylation is 1. The first kappa shape index (κ1) is 12.7. The predicted molar refractivity (Wildman–Crippen MR) is 67.0 cm³/mol. The highest BCUT2D eigenvalue weighted by Crippen LogP contribution is 2.23. The third-order valence-corrected chi connectivity index (χ3v) is 2.44. The number of nitro groups is 1. The molecule has 0 aliphatic rings. The fourth-order valence-electron chi connectivity index (χ4n) is 1.44. The van der Waals surface area contributed by atoms with Crippen molar-refractivity contribution < 1.29 is 4.92 Å². The van der Waals surface area contributed by atoms with Crippen molar-refractivity contribution in [1.82, 2.24) is 19.7 Å². The molecule has 0 saturated carbocycles. The van der Waals surface area contributed by atoms with Crippen LogP contribution < -0.4 is 16.6 Å². The molecular formula is C9H12N8O2. The summed E-state index contributed by atoms with van der Waals surface area (Å²) in [5.74, 6) is 6.29. The van der Waals surface area contributed by atoms with Crippen molar-refractivity contribution in [1.29, 1.82) is 0 Å². The Hall–Kier alpha value is -2.75. The van der Waals surface area contributed by atoms with Crippen molar-refractivity contribution in [3.05, 3.63) is 34.4 Å². The van der Waals surface area contributed by atoms with Crippen LogP contribution in [-0.2, 0) is 13.6 Å². The first-order valence-electron chi connectivity index (χ1n) is 5.30. The van der Waals surface area contributed by atoms with Crippen LogP contribution in [0, 0.1) is 10.1 Å². The summed E-state index contributed by atoms with van der Waals surface area (Å²) in [5, 5.41) is 21.3. The van der Waals surface area contributed by atoms with Gasteiger partial charge in [-0.2, -0.15) is 0 Å². The third kappa shape index (κ3) is 2.74. The maximum atomic E-state index is 10.9. The maximum Gasteiger partial charge on any atom is 0.311 e. The van der Waals surface area contributed by atoms with Crippen LogP contribution >= 0.6 is 0 Å². The molecule has 2 heterocycles. The number of hydrogen-bond donors (Lipinski definition) is 3. The quantitative estimate of drug-likeness (QED) is 0.390. The van der Waals surface area contributed by atoms with E-state index in [1.165, 1.54) is 18.5 Å². The van der Waals surface area contributed by atoms with Crippen LogP contribution in [0.2, 0.25) is 0 Å². The first-order valence-corrected chi connectivity index (χ1v) is 5.30. The maximum absolute atomic E-state index is 10.9. The average Bonchev–Trinajstić information content (AvgIpc) is 2.81. The molecule has 0 unspecified atom stereocenters. The lowest BCUT2D eigenvalue weighted by Crippen LogP contribution is -2.12. The molecule has 19 heavy (non-hydrogen) atoms. The van der Waals surface area contributed by atoms with Crippen molar-refractivity contribution in [2.75, 3.05) is 10.7 Å². The standard InChI is InChI=1S/C9H12N8O2/c1-16-5-12-15-8(16)4-11-9-6(17(18)19)2-3-7(13-9)14-10/h2-3,5H,4,10H2,1H3,(H2,11,13,14). The average molecular weight is 264 g/mol. The Kier molecular flexibility index (Phi) is 3.52. The fraction of sp³-hybridized carbons (Fsp3) is 0.222. The van der Waals surface area contributed by atoms with Crippen LogP contribution in [-0.4, -0.2) is 24.7 Å². The Morgan fingerprint density at radius 3 is 2.89 bits per heavy atom. The molecule has 0 fully saturated rings. The van der Waals surface area contributed by atoms with Gasteiger partial charge >= 0.3 is 5.69 Å². The molecule has 0 atom stereocenters. The van der Waals surface area contributed by atoms with Gasteiger partial charge in [-0.15, -0.1) is 10.2 Å². The Morgan fingerprint density at radius 2 is 2.32 bits per heavy atom. The predicted octanol–water partition coefficient (Wildman–Crippen LogP) is 0.0160. The Labute approximate surface area is 107 Å². The second kappa shape index (κ2) is 5.27. The van der Waals surface area contributed by atoms with Gasteiger partial charge in [0.15, 0.2) is 5.82 Å². The van der Waals surface area contributed by atoms with Crippen LogP contribution in [0.1, 0.15) is 5.82 Å². The van der Waals surface area contributed by atoms with E-state index < -0.39 is 4.92 Å². The van der Waals surface area contributed by atoms with Gasteiger partial charge in [-0.25, -0.2) is 10.8 Å². The van der Waals surface area contributed by atoms with Gasteiger partial charge in [-0.1, -0.05) is 0 Å². The number of nitrogens with two attached hydrogens (primary N) is 1. The Balaban J connectivity index is 2.22. The molecule has 0 amide bonds. The number of hydrogen-bond acceptors (Lipinski definition) is 8. The van der Waals surface area contributed by atoms with E-state index in [0.717, 1.165) is 0 Å². The molecule has 0 saturated heterocycles. The number of nitrogen functional groups attached to an aromatic ring is 1. The summed E-state index contributed by atoms with van der Waals surface area (Å²) in [6.07, 6.45) is 1.54. The molecule has 2 rings (SSSR count). The number of nitrogens with zero attached hydrogens (tertiary/aromatic N) is 5. The minimum atomic E-state index is -0.522. The van der Waals surface area contributed by atoms with E-state index in [9.17, 15) is 10.1 Å². The third-order valence-electron chi connectivity index (χ3n) is 2.44. The molecule has 2 aromatic heterocycles. The van der Waals surface area contributed by atoms with Gasteiger partial charge in [-0.3, -0.25) is 10.1 Å². The van der Waals surface area contributed by atoms with Crippen LogP contribution in [0.5, 0.6) is 0 Å². The summed E-state index contributed by atoms with van der Waals surface area (Å²) in [6.45, 7) is 0.262. The molecule has 0 radical (unpaired) electrons. The van der Waals surface area contributed by atoms with Gasteiger partial charge in [0.2, 0.25) is 5.82 Å². The van der Waals surface area contributed by atoms with Crippen molar-refractivity contribution in [3.8, 4) is 0 Å². The highest BCUT2D eigenvalue weighted by atomic mass is 16.6. The van der Waals surface area contributed by atoms with E-state index in [4.69, 9.17) is 5.84 Å². The van der Waals surface area contributed by atoms with E-state index in [0.29, 0.717) is 11.6 Å². The van der Waals surface area contributed by atoms with E-state index >= 15 is 0 Å². The molecule has 0 aliphatic heterocycles. The van der Waals surface area contributed by atoms with Gasteiger partial charge in [-0.05, 0) is 6.07 Å². The lowest BCUT2D eigenvalue weighted by molar-refractivity contribution is -0.384. The zero-order valence-electron chi connectivity index (χ0n) is 10.1. The lowest BCUT2D eigenvalue weighted by Gasteiger charge is -2.07. The monoisotopic (exact) mass is 264 g/mol. The number of pyridine rings is 1. The molecule has 10 nitrogen and oxygen atoms in total. The molecule has 2 aromatic rings. The Bertz CT molecular complexity index is 596. The molecule has 4 N–H and O–H groups in total. The summed E-state index contributed by atoms with van der Waals surface area (Å²) >= 11 is 0. The molecule has 0 bridgehead atoms. The first-order chi connectivity index (χ1) is 9.11. The smallest absolute Gasteiger partial charge is 0.311 e. The van der Waals surface area contributed by atoms with Crippen molar-refractivity contribution in [3.63, 3.8) is 0 Å². The minimum Gasteiger partial charge on any atom is -0.357 e. The summed E-state index contributed by atoms with van der Waals surface area (Å²) in [7, 11) is 1.77. The normalized spacial score (nSPS) is 10.2.